The zero-order valence-electron chi connectivity index (χ0n) is 14.6. The third-order valence-electron chi connectivity index (χ3n) is 3.80. The number of carbonyl (C=O) groups is 1. The quantitative estimate of drug-likeness (QED) is 0.477. The maximum atomic E-state index is 12.9. The Morgan fingerprint density at radius 1 is 1.15 bits per heavy atom. The number of halogens is 1. The lowest BCUT2D eigenvalue weighted by molar-refractivity contribution is -0.118. The van der Waals surface area contributed by atoms with E-state index in [0.29, 0.717) is 18.2 Å². The van der Waals surface area contributed by atoms with Gasteiger partial charge in [-0.05, 0) is 17.7 Å². The van der Waals surface area contributed by atoms with Gasteiger partial charge in [0.2, 0.25) is 5.91 Å². The largest absolute Gasteiger partial charge is 0.351 e. The number of thioether (sulfide) groups is 1. The molecule has 7 heteroatoms. The predicted octanol–water partition coefficient (Wildman–Crippen LogP) is 3.68. The molecule has 0 aliphatic heterocycles. The summed E-state index contributed by atoms with van der Waals surface area (Å²) in [6.45, 7) is 4.69. The van der Waals surface area contributed by atoms with E-state index in [1.165, 1.54) is 23.9 Å². The average Bonchev–Trinajstić information content (AvgIpc) is 3.09. The molecule has 0 saturated carbocycles. The fourth-order valence-corrected chi connectivity index (χ4v) is 3.25. The first kappa shape index (κ1) is 18.8. The van der Waals surface area contributed by atoms with Crippen LogP contribution in [0, 0.1) is 5.82 Å². The second kappa shape index (κ2) is 9.14. The number of hydrogen-bond acceptors (Lipinski definition) is 4. The molecule has 1 aromatic heterocycles. The molecule has 0 fully saturated rings. The van der Waals surface area contributed by atoms with E-state index >= 15 is 0 Å². The molecule has 0 atom stereocenters. The summed E-state index contributed by atoms with van der Waals surface area (Å²) in [5.74, 6) is 0.533. The number of hydrogen-bond donors (Lipinski definition) is 1. The summed E-state index contributed by atoms with van der Waals surface area (Å²) in [6, 6.07) is 15.8. The van der Waals surface area contributed by atoms with E-state index in [9.17, 15) is 9.18 Å². The SMILES string of the molecule is C=CCn1c(SCC(=O)NCc2ccc(F)cc2)nnc1-c1ccccc1. The van der Waals surface area contributed by atoms with Crippen molar-refractivity contribution in [1.29, 1.82) is 0 Å². The Bertz CT molecular complexity index is 909. The van der Waals surface area contributed by atoms with Gasteiger partial charge in [-0.25, -0.2) is 4.39 Å². The van der Waals surface area contributed by atoms with Crippen LogP contribution < -0.4 is 5.32 Å². The van der Waals surface area contributed by atoms with Crippen molar-refractivity contribution < 1.29 is 9.18 Å². The van der Waals surface area contributed by atoms with Crippen molar-refractivity contribution in [3.05, 3.63) is 78.6 Å². The standard InChI is InChI=1S/C20H19FN4OS/c1-2-12-25-19(16-6-4-3-5-7-16)23-24-20(25)27-14-18(26)22-13-15-8-10-17(21)11-9-15/h2-11H,1,12-14H2,(H,22,26). The molecule has 0 saturated heterocycles. The number of nitrogens with zero attached hydrogens (tertiary/aromatic N) is 3. The van der Waals surface area contributed by atoms with Crippen LogP contribution in [0.3, 0.4) is 0 Å². The minimum Gasteiger partial charge on any atom is -0.351 e. The van der Waals surface area contributed by atoms with Gasteiger partial charge in [-0.15, -0.1) is 16.8 Å². The molecule has 3 aromatic rings. The first-order valence-electron chi connectivity index (χ1n) is 8.41. The van der Waals surface area contributed by atoms with Crippen LogP contribution in [-0.4, -0.2) is 26.4 Å². The molecule has 138 valence electrons. The molecular weight excluding hydrogens is 363 g/mol. The minimum absolute atomic E-state index is 0.126. The van der Waals surface area contributed by atoms with Crippen molar-refractivity contribution in [2.45, 2.75) is 18.2 Å². The average molecular weight is 382 g/mol. The lowest BCUT2D eigenvalue weighted by Crippen LogP contribution is -2.24. The first-order chi connectivity index (χ1) is 13.2. The molecule has 0 aliphatic rings. The molecule has 1 amide bonds. The number of nitrogens with one attached hydrogen (secondary N) is 1. The summed E-state index contributed by atoms with van der Waals surface area (Å²) in [6.07, 6.45) is 1.77. The number of allylic oxidation sites excluding steroid dienone is 1. The Labute approximate surface area is 161 Å². The number of rotatable bonds is 8. The smallest absolute Gasteiger partial charge is 0.230 e. The first-order valence-corrected chi connectivity index (χ1v) is 9.39. The molecule has 0 unspecified atom stereocenters. The molecule has 27 heavy (non-hydrogen) atoms. The van der Waals surface area contributed by atoms with E-state index in [1.54, 1.807) is 18.2 Å². The molecule has 3 rings (SSSR count). The van der Waals surface area contributed by atoms with Gasteiger partial charge in [-0.1, -0.05) is 60.3 Å². The van der Waals surface area contributed by atoms with Gasteiger partial charge in [-0.2, -0.15) is 0 Å². The molecule has 1 N–H and O–H groups in total. The Morgan fingerprint density at radius 2 is 1.89 bits per heavy atom. The Morgan fingerprint density at radius 3 is 2.59 bits per heavy atom. The van der Waals surface area contributed by atoms with Crippen LogP contribution >= 0.6 is 11.8 Å². The zero-order valence-corrected chi connectivity index (χ0v) is 15.5. The van der Waals surface area contributed by atoms with E-state index < -0.39 is 0 Å². The van der Waals surface area contributed by atoms with Gasteiger partial charge < -0.3 is 5.32 Å². The lowest BCUT2D eigenvalue weighted by atomic mass is 10.2. The van der Waals surface area contributed by atoms with Crippen molar-refractivity contribution >= 4 is 17.7 Å². The topological polar surface area (TPSA) is 59.8 Å². The molecule has 0 radical (unpaired) electrons. The molecule has 2 aromatic carbocycles. The Kier molecular flexibility index (Phi) is 6.38. The van der Waals surface area contributed by atoms with Crippen LogP contribution in [-0.2, 0) is 17.9 Å². The van der Waals surface area contributed by atoms with Crippen molar-refractivity contribution in [2.75, 3.05) is 5.75 Å². The molecule has 0 spiro atoms. The van der Waals surface area contributed by atoms with E-state index in [-0.39, 0.29) is 17.5 Å². The highest BCUT2D eigenvalue weighted by atomic mass is 32.2. The van der Waals surface area contributed by atoms with Gasteiger partial charge >= 0.3 is 0 Å². The number of carbonyl (C=O) groups excluding carboxylic acids is 1. The molecule has 0 aliphatic carbocycles. The maximum absolute atomic E-state index is 12.9. The lowest BCUT2D eigenvalue weighted by Gasteiger charge is -2.08. The van der Waals surface area contributed by atoms with Gasteiger partial charge in [-0.3, -0.25) is 9.36 Å². The van der Waals surface area contributed by atoms with Gasteiger partial charge in [0.15, 0.2) is 11.0 Å². The van der Waals surface area contributed by atoms with E-state index in [2.05, 4.69) is 22.1 Å². The molecule has 5 nitrogen and oxygen atoms in total. The fourth-order valence-electron chi connectivity index (χ4n) is 2.47. The van der Waals surface area contributed by atoms with E-state index in [1.807, 2.05) is 34.9 Å². The van der Waals surface area contributed by atoms with Gasteiger partial charge in [0.05, 0.1) is 5.75 Å². The second-order valence-electron chi connectivity index (χ2n) is 5.76. The van der Waals surface area contributed by atoms with Crippen molar-refractivity contribution in [3.63, 3.8) is 0 Å². The van der Waals surface area contributed by atoms with Crippen LogP contribution in [0.4, 0.5) is 4.39 Å². The number of aromatic nitrogens is 3. The van der Waals surface area contributed by atoms with Crippen molar-refractivity contribution in [3.8, 4) is 11.4 Å². The highest BCUT2D eigenvalue weighted by Crippen LogP contribution is 2.23. The summed E-state index contributed by atoms with van der Waals surface area (Å²) in [5.41, 5.74) is 1.80. The summed E-state index contributed by atoms with van der Waals surface area (Å²) in [4.78, 5) is 12.1. The fraction of sp³-hybridized carbons (Fsp3) is 0.150. The number of benzene rings is 2. The minimum atomic E-state index is -0.295. The predicted molar refractivity (Wildman–Crippen MR) is 105 cm³/mol. The monoisotopic (exact) mass is 382 g/mol. The Hall–Kier alpha value is -2.93. The van der Waals surface area contributed by atoms with E-state index in [4.69, 9.17) is 0 Å². The third kappa shape index (κ3) is 5.04. The van der Waals surface area contributed by atoms with Crippen LogP contribution in [0.1, 0.15) is 5.56 Å². The summed E-state index contributed by atoms with van der Waals surface area (Å²) >= 11 is 1.32. The van der Waals surface area contributed by atoms with Crippen LogP contribution in [0.15, 0.2) is 72.4 Å². The van der Waals surface area contributed by atoms with Crippen LogP contribution in [0.2, 0.25) is 0 Å². The summed E-state index contributed by atoms with van der Waals surface area (Å²) in [7, 11) is 0. The van der Waals surface area contributed by atoms with E-state index in [0.717, 1.165) is 17.0 Å². The van der Waals surface area contributed by atoms with Crippen molar-refractivity contribution in [1.82, 2.24) is 20.1 Å². The third-order valence-corrected chi connectivity index (χ3v) is 4.76. The maximum Gasteiger partial charge on any atom is 0.230 e. The van der Waals surface area contributed by atoms with Crippen molar-refractivity contribution in [2.24, 2.45) is 0 Å². The Balaban J connectivity index is 1.61. The van der Waals surface area contributed by atoms with Gasteiger partial charge in [0.25, 0.3) is 0 Å². The summed E-state index contributed by atoms with van der Waals surface area (Å²) < 4.78 is 14.8. The highest BCUT2D eigenvalue weighted by molar-refractivity contribution is 7.99. The zero-order chi connectivity index (χ0) is 19.1. The van der Waals surface area contributed by atoms with Crippen LogP contribution in [0.5, 0.6) is 0 Å². The number of amides is 1. The normalized spacial score (nSPS) is 10.6. The molecular formula is C20H19FN4OS. The highest BCUT2D eigenvalue weighted by Gasteiger charge is 2.14. The van der Waals surface area contributed by atoms with Crippen LogP contribution in [0.25, 0.3) is 11.4 Å². The van der Waals surface area contributed by atoms with Gasteiger partial charge in [0, 0.05) is 18.7 Å². The molecule has 1 heterocycles. The second-order valence-corrected chi connectivity index (χ2v) is 6.71. The molecule has 0 bridgehead atoms. The van der Waals surface area contributed by atoms with Gasteiger partial charge in [0.1, 0.15) is 5.82 Å². The summed E-state index contributed by atoms with van der Waals surface area (Å²) in [5, 5.41) is 12.0.